The third kappa shape index (κ3) is 5.97. The van der Waals surface area contributed by atoms with Gasteiger partial charge in [-0.3, -0.25) is 9.67 Å². The molecular formula is C20H30ClN5O. The molecule has 0 saturated heterocycles. The summed E-state index contributed by atoms with van der Waals surface area (Å²) in [6.07, 6.45) is 3.49. The lowest BCUT2D eigenvalue weighted by Crippen LogP contribution is -2.45. The Hall–Kier alpha value is -2.05. The van der Waals surface area contributed by atoms with E-state index in [-0.39, 0.29) is 5.41 Å². The van der Waals surface area contributed by atoms with Crippen LogP contribution < -0.4 is 10.6 Å². The van der Waals surface area contributed by atoms with Crippen LogP contribution in [0.25, 0.3) is 0 Å². The Bertz CT molecular complexity index is 782. The Kier molecular flexibility index (Phi) is 6.89. The number of aliphatic hydroxyl groups is 1. The second-order valence-corrected chi connectivity index (χ2v) is 8.06. The van der Waals surface area contributed by atoms with E-state index >= 15 is 0 Å². The predicted molar refractivity (Wildman–Crippen MR) is 111 cm³/mol. The highest BCUT2D eigenvalue weighted by atomic mass is 35.5. The highest BCUT2D eigenvalue weighted by Gasteiger charge is 2.25. The zero-order valence-electron chi connectivity index (χ0n) is 16.8. The first kappa shape index (κ1) is 21.3. The quantitative estimate of drug-likeness (QED) is 0.501. The first-order valence-corrected chi connectivity index (χ1v) is 9.51. The van der Waals surface area contributed by atoms with Gasteiger partial charge in [0.05, 0.1) is 19.3 Å². The molecule has 1 heterocycles. The Morgan fingerprint density at radius 2 is 2.00 bits per heavy atom. The molecule has 1 aromatic carbocycles. The molecule has 0 saturated carbocycles. The van der Waals surface area contributed by atoms with Crippen molar-refractivity contribution in [2.75, 3.05) is 19.6 Å². The molecule has 0 radical (unpaired) electrons. The van der Waals surface area contributed by atoms with Gasteiger partial charge >= 0.3 is 0 Å². The van der Waals surface area contributed by atoms with E-state index < -0.39 is 5.60 Å². The molecule has 0 aliphatic heterocycles. The van der Waals surface area contributed by atoms with Gasteiger partial charge in [0.1, 0.15) is 5.60 Å². The van der Waals surface area contributed by atoms with Crippen molar-refractivity contribution in [1.29, 1.82) is 0 Å². The summed E-state index contributed by atoms with van der Waals surface area (Å²) in [6.45, 7) is 9.68. The fraction of sp³-hybridized carbons (Fsp3) is 0.500. The number of guanidine groups is 1. The van der Waals surface area contributed by atoms with Gasteiger partial charge in [-0.05, 0) is 31.5 Å². The van der Waals surface area contributed by atoms with Gasteiger partial charge in [-0.2, -0.15) is 5.10 Å². The van der Waals surface area contributed by atoms with Crippen molar-refractivity contribution in [3.63, 3.8) is 0 Å². The zero-order valence-corrected chi connectivity index (χ0v) is 17.5. The van der Waals surface area contributed by atoms with Crippen LogP contribution in [0.15, 0.2) is 41.7 Å². The van der Waals surface area contributed by atoms with Gasteiger partial charge in [0.15, 0.2) is 5.96 Å². The monoisotopic (exact) mass is 391 g/mol. The van der Waals surface area contributed by atoms with Crippen molar-refractivity contribution in [2.45, 2.75) is 38.7 Å². The molecule has 0 aliphatic carbocycles. The van der Waals surface area contributed by atoms with Gasteiger partial charge in [-0.1, -0.05) is 37.6 Å². The SMILES string of the molecule is CCNC(=NCC(C)(C)c1cccc(Cl)c1)NCC(C)(O)c1cnn(C)c1. The van der Waals surface area contributed by atoms with Crippen LogP contribution >= 0.6 is 11.6 Å². The average molecular weight is 392 g/mol. The maximum Gasteiger partial charge on any atom is 0.191 e. The number of rotatable bonds is 7. The van der Waals surface area contributed by atoms with Crippen LogP contribution in [-0.2, 0) is 18.1 Å². The molecule has 6 nitrogen and oxygen atoms in total. The van der Waals surface area contributed by atoms with Gasteiger partial charge in [-0.15, -0.1) is 0 Å². The van der Waals surface area contributed by atoms with E-state index in [0.29, 0.717) is 19.0 Å². The summed E-state index contributed by atoms with van der Waals surface area (Å²) in [5, 5.41) is 22.0. The Labute approximate surface area is 166 Å². The number of hydrogen-bond acceptors (Lipinski definition) is 3. The van der Waals surface area contributed by atoms with Gasteiger partial charge in [0.25, 0.3) is 0 Å². The second-order valence-electron chi connectivity index (χ2n) is 7.62. The van der Waals surface area contributed by atoms with Gasteiger partial charge in [0, 0.05) is 35.8 Å². The number of halogens is 1. The van der Waals surface area contributed by atoms with Crippen molar-refractivity contribution < 1.29 is 5.11 Å². The maximum atomic E-state index is 10.7. The van der Waals surface area contributed by atoms with E-state index in [2.05, 4.69) is 35.6 Å². The highest BCUT2D eigenvalue weighted by molar-refractivity contribution is 6.30. The van der Waals surface area contributed by atoms with Crippen LogP contribution in [0.5, 0.6) is 0 Å². The molecule has 0 bridgehead atoms. The molecule has 148 valence electrons. The van der Waals surface area contributed by atoms with Crippen molar-refractivity contribution in [2.24, 2.45) is 12.0 Å². The van der Waals surface area contributed by atoms with Crippen molar-refractivity contribution in [3.8, 4) is 0 Å². The van der Waals surface area contributed by atoms with Crippen LogP contribution in [0.4, 0.5) is 0 Å². The first-order valence-electron chi connectivity index (χ1n) is 9.14. The van der Waals surface area contributed by atoms with E-state index in [9.17, 15) is 5.11 Å². The van der Waals surface area contributed by atoms with Crippen LogP contribution in [0.2, 0.25) is 5.02 Å². The van der Waals surface area contributed by atoms with Crippen molar-refractivity contribution >= 4 is 17.6 Å². The van der Waals surface area contributed by atoms with Gasteiger partial charge < -0.3 is 15.7 Å². The smallest absolute Gasteiger partial charge is 0.191 e. The normalized spacial score (nSPS) is 14.7. The van der Waals surface area contributed by atoms with Crippen LogP contribution in [0.3, 0.4) is 0 Å². The Morgan fingerprint density at radius 1 is 1.26 bits per heavy atom. The van der Waals surface area contributed by atoms with E-state index in [1.54, 1.807) is 17.8 Å². The van der Waals surface area contributed by atoms with Crippen LogP contribution in [0.1, 0.15) is 38.8 Å². The molecule has 7 heteroatoms. The number of aromatic nitrogens is 2. The second kappa shape index (κ2) is 8.76. The summed E-state index contributed by atoms with van der Waals surface area (Å²) < 4.78 is 1.68. The minimum Gasteiger partial charge on any atom is -0.383 e. The van der Waals surface area contributed by atoms with Crippen LogP contribution in [0, 0.1) is 0 Å². The highest BCUT2D eigenvalue weighted by Crippen LogP contribution is 2.26. The zero-order chi connectivity index (χ0) is 20.1. The molecule has 0 aliphatic rings. The molecule has 0 spiro atoms. The maximum absolute atomic E-state index is 10.7. The van der Waals surface area contributed by atoms with Crippen molar-refractivity contribution in [3.05, 3.63) is 52.8 Å². The lowest BCUT2D eigenvalue weighted by Gasteiger charge is -2.26. The summed E-state index contributed by atoms with van der Waals surface area (Å²) in [7, 11) is 1.83. The third-order valence-corrected chi connectivity index (χ3v) is 4.74. The molecule has 0 fully saturated rings. The lowest BCUT2D eigenvalue weighted by molar-refractivity contribution is 0.0616. The number of hydrogen-bond donors (Lipinski definition) is 3. The van der Waals surface area contributed by atoms with E-state index in [4.69, 9.17) is 16.6 Å². The molecule has 1 atom stereocenters. The van der Waals surface area contributed by atoms with E-state index in [1.807, 2.05) is 38.4 Å². The van der Waals surface area contributed by atoms with Gasteiger partial charge in [-0.25, -0.2) is 0 Å². The van der Waals surface area contributed by atoms with E-state index in [1.165, 1.54) is 0 Å². The van der Waals surface area contributed by atoms with Gasteiger partial charge in [0.2, 0.25) is 0 Å². The largest absolute Gasteiger partial charge is 0.383 e. The summed E-state index contributed by atoms with van der Waals surface area (Å²) in [4.78, 5) is 4.71. The molecule has 3 N–H and O–H groups in total. The fourth-order valence-electron chi connectivity index (χ4n) is 2.68. The topological polar surface area (TPSA) is 74.5 Å². The summed E-state index contributed by atoms with van der Waals surface area (Å²) >= 11 is 6.13. The predicted octanol–water partition coefficient (Wildman–Crippen LogP) is 2.81. The molecule has 27 heavy (non-hydrogen) atoms. The first-order chi connectivity index (χ1) is 12.6. The minimum atomic E-state index is -1.05. The molecule has 2 rings (SSSR count). The lowest BCUT2D eigenvalue weighted by atomic mass is 9.85. The summed E-state index contributed by atoms with van der Waals surface area (Å²) in [5.74, 6) is 0.664. The summed E-state index contributed by atoms with van der Waals surface area (Å²) in [6, 6.07) is 7.87. The molecule has 2 aromatic rings. The molecular weight excluding hydrogens is 362 g/mol. The molecule has 1 aromatic heterocycles. The van der Waals surface area contributed by atoms with E-state index in [0.717, 1.165) is 22.7 Å². The number of benzene rings is 1. The summed E-state index contributed by atoms with van der Waals surface area (Å²) in [5.41, 5.74) is 0.677. The standard InChI is InChI=1S/C20H30ClN5O/c1-6-22-18(24-14-20(4,27)16-11-25-26(5)12-16)23-13-19(2,3)15-8-7-9-17(21)10-15/h7-12,27H,6,13-14H2,1-5H3,(H2,22,23,24). The average Bonchev–Trinajstić information content (AvgIpc) is 3.05. The molecule has 1 unspecified atom stereocenters. The molecule has 0 amide bonds. The third-order valence-electron chi connectivity index (χ3n) is 4.51. The van der Waals surface area contributed by atoms with Crippen LogP contribution in [-0.4, -0.2) is 40.5 Å². The van der Waals surface area contributed by atoms with Crippen molar-refractivity contribution in [1.82, 2.24) is 20.4 Å². The minimum absolute atomic E-state index is 0.168. The fourth-order valence-corrected chi connectivity index (χ4v) is 2.87. The Balaban J connectivity index is 2.07. The Morgan fingerprint density at radius 3 is 2.59 bits per heavy atom. The number of aryl methyl sites for hydroxylation is 1. The number of nitrogens with zero attached hydrogens (tertiary/aromatic N) is 3. The number of aliphatic imine (C=N–C) groups is 1. The number of nitrogens with one attached hydrogen (secondary N) is 2.